The topological polar surface area (TPSA) is 95.7 Å². The van der Waals surface area contributed by atoms with Gasteiger partial charge in [-0.25, -0.2) is 0 Å². The molecule has 0 amide bonds. The third kappa shape index (κ3) is 3.24. The number of nitrogens with zero attached hydrogens (tertiary/aromatic N) is 1. The number of non-ortho nitro benzene ring substituents is 1. The van der Waals surface area contributed by atoms with Crippen LogP contribution in [-0.4, -0.2) is 20.5 Å². The van der Waals surface area contributed by atoms with E-state index in [1.54, 1.807) is 24.3 Å². The summed E-state index contributed by atoms with van der Waals surface area (Å²) in [5.41, 5.74) is -0.257. The number of rotatable bonds is 5. The first-order valence-electron chi connectivity index (χ1n) is 7.17. The third-order valence-corrected chi connectivity index (χ3v) is 4.87. The van der Waals surface area contributed by atoms with Gasteiger partial charge in [0.05, 0.1) is 18.1 Å². The zero-order valence-corrected chi connectivity index (χ0v) is 13.9. The molecule has 25 heavy (non-hydrogen) atoms. The molecule has 3 aromatic rings. The number of methoxy groups -OCH3 is 1. The van der Waals surface area contributed by atoms with E-state index in [9.17, 15) is 18.5 Å². The van der Waals surface area contributed by atoms with Gasteiger partial charge in [0.2, 0.25) is 0 Å². The fourth-order valence-corrected chi connectivity index (χ4v) is 3.59. The third-order valence-electron chi connectivity index (χ3n) is 3.57. The molecule has 0 saturated heterocycles. The van der Waals surface area contributed by atoms with E-state index in [1.165, 1.54) is 37.4 Å². The minimum atomic E-state index is -4.19. The van der Waals surface area contributed by atoms with Crippen molar-refractivity contribution in [1.82, 2.24) is 0 Å². The first-order chi connectivity index (χ1) is 11.9. The molecule has 0 atom stereocenters. The highest BCUT2D eigenvalue weighted by atomic mass is 32.2. The smallest absolute Gasteiger partial charge is 0.339 e. The van der Waals surface area contributed by atoms with Crippen LogP contribution in [0.3, 0.4) is 0 Å². The molecule has 0 radical (unpaired) electrons. The van der Waals surface area contributed by atoms with Crippen molar-refractivity contribution in [2.24, 2.45) is 0 Å². The van der Waals surface area contributed by atoms with E-state index in [2.05, 4.69) is 0 Å². The highest BCUT2D eigenvalue weighted by Gasteiger charge is 2.22. The minimum Gasteiger partial charge on any atom is -0.496 e. The van der Waals surface area contributed by atoms with Crippen molar-refractivity contribution in [2.45, 2.75) is 4.90 Å². The van der Waals surface area contributed by atoms with Gasteiger partial charge < -0.3 is 8.92 Å². The molecular formula is C17H13NO6S. The maximum Gasteiger partial charge on any atom is 0.339 e. The van der Waals surface area contributed by atoms with Crippen molar-refractivity contribution in [1.29, 1.82) is 0 Å². The summed E-state index contributed by atoms with van der Waals surface area (Å²) >= 11 is 0. The van der Waals surface area contributed by atoms with Crippen molar-refractivity contribution in [3.05, 3.63) is 70.8 Å². The first-order valence-corrected chi connectivity index (χ1v) is 8.58. The standard InChI is InChI=1S/C17H13NO6S/c1-23-16-9-10-17(15-8-3-2-7-14(15)16)25(21,22)24-13-6-4-5-12(11-13)18(19)20/h2-11H,1H3. The van der Waals surface area contributed by atoms with Crippen LogP contribution in [0.25, 0.3) is 10.8 Å². The number of benzene rings is 3. The van der Waals surface area contributed by atoms with Gasteiger partial charge in [-0.2, -0.15) is 8.42 Å². The van der Waals surface area contributed by atoms with Gasteiger partial charge in [0.1, 0.15) is 16.4 Å². The Bertz CT molecular complexity index is 1060. The lowest BCUT2D eigenvalue weighted by atomic mass is 10.1. The molecule has 0 aliphatic heterocycles. The summed E-state index contributed by atoms with van der Waals surface area (Å²) in [6.07, 6.45) is 0. The second-order valence-corrected chi connectivity index (χ2v) is 6.62. The first kappa shape index (κ1) is 16.7. The Morgan fingerprint density at radius 3 is 2.36 bits per heavy atom. The van der Waals surface area contributed by atoms with Gasteiger partial charge >= 0.3 is 10.1 Å². The minimum absolute atomic E-state index is 0.0459. The molecule has 0 aromatic heterocycles. The Balaban J connectivity index is 2.08. The average Bonchev–Trinajstić information content (AvgIpc) is 2.60. The van der Waals surface area contributed by atoms with E-state index in [1.807, 2.05) is 0 Å². The largest absolute Gasteiger partial charge is 0.496 e. The molecular weight excluding hydrogens is 346 g/mol. The number of hydrogen-bond acceptors (Lipinski definition) is 6. The summed E-state index contributed by atoms with van der Waals surface area (Å²) in [5, 5.41) is 11.9. The van der Waals surface area contributed by atoms with Crippen molar-refractivity contribution in [3.8, 4) is 11.5 Å². The molecule has 0 heterocycles. The number of ether oxygens (including phenoxy) is 1. The Morgan fingerprint density at radius 2 is 1.68 bits per heavy atom. The van der Waals surface area contributed by atoms with Crippen LogP contribution in [-0.2, 0) is 10.1 Å². The second kappa shape index (κ2) is 6.40. The number of nitro benzene ring substituents is 1. The molecule has 0 unspecified atom stereocenters. The number of nitro groups is 1. The van der Waals surface area contributed by atoms with E-state index in [0.717, 1.165) is 6.07 Å². The Kier molecular flexibility index (Phi) is 4.28. The quantitative estimate of drug-likeness (QED) is 0.393. The molecule has 0 spiro atoms. The van der Waals surface area contributed by atoms with Crippen LogP contribution in [0.15, 0.2) is 65.6 Å². The van der Waals surface area contributed by atoms with Gasteiger partial charge in [0.25, 0.3) is 5.69 Å². The Morgan fingerprint density at radius 1 is 0.960 bits per heavy atom. The highest BCUT2D eigenvalue weighted by Crippen LogP contribution is 2.32. The van der Waals surface area contributed by atoms with Gasteiger partial charge in [-0.15, -0.1) is 0 Å². The SMILES string of the molecule is COc1ccc(S(=O)(=O)Oc2cccc([N+](=O)[O-])c2)c2ccccc12. The van der Waals surface area contributed by atoms with Crippen LogP contribution in [0.1, 0.15) is 0 Å². The molecule has 8 heteroatoms. The maximum absolute atomic E-state index is 12.7. The molecule has 0 saturated carbocycles. The number of fused-ring (bicyclic) bond motifs is 1. The maximum atomic E-state index is 12.7. The lowest BCUT2D eigenvalue weighted by Crippen LogP contribution is -2.10. The lowest BCUT2D eigenvalue weighted by molar-refractivity contribution is -0.384. The molecule has 3 rings (SSSR count). The van der Waals surface area contributed by atoms with Crippen molar-refractivity contribution >= 4 is 26.6 Å². The Labute approximate surface area is 143 Å². The Hall–Kier alpha value is -3.13. The van der Waals surface area contributed by atoms with E-state index in [0.29, 0.717) is 16.5 Å². The molecule has 0 aliphatic rings. The predicted molar refractivity (Wildman–Crippen MR) is 91.4 cm³/mol. The molecule has 3 aromatic carbocycles. The van der Waals surface area contributed by atoms with Crippen LogP contribution in [0.2, 0.25) is 0 Å². The molecule has 0 aliphatic carbocycles. The van der Waals surface area contributed by atoms with Gasteiger partial charge in [-0.3, -0.25) is 10.1 Å². The van der Waals surface area contributed by atoms with Gasteiger partial charge in [-0.1, -0.05) is 30.3 Å². The molecule has 128 valence electrons. The summed E-state index contributed by atoms with van der Waals surface area (Å²) in [5.74, 6) is 0.402. The fraction of sp³-hybridized carbons (Fsp3) is 0.0588. The van der Waals surface area contributed by atoms with Crippen molar-refractivity contribution in [2.75, 3.05) is 7.11 Å². The van der Waals surface area contributed by atoms with E-state index in [-0.39, 0.29) is 16.3 Å². The summed E-state index contributed by atoms with van der Waals surface area (Å²) in [6.45, 7) is 0. The van der Waals surface area contributed by atoms with E-state index < -0.39 is 15.0 Å². The summed E-state index contributed by atoms with van der Waals surface area (Å²) in [7, 11) is -2.69. The fourth-order valence-electron chi connectivity index (χ4n) is 2.46. The monoisotopic (exact) mass is 359 g/mol. The van der Waals surface area contributed by atoms with Crippen LogP contribution in [0.4, 0.5) is 5.69 Å². The highest BCUT2D eigenvalue weighted by molar-refractivity contribution is 7.87. The van der Waals surface area contributed by atoms with Gasteiger partial charge in [0, 0.05) is 16.8 Å². The van der Waals surface area contributed by atoms with Crippen molar-refractivity contribution in [3.63, 3.8) is 0 Å². The number of hydrogen-bond donors (Lipinski definition) is 0. The van der Waals surface area contributed by atoms with Crippen LogP contribution in [0, 0.1) is 10.1 Å². The average molecular weight is 359 g/mol. The molecule has 0 N–H and O–H groups in total. The summed E-state index contributed by atoms with van der Waals surface area (Å²) in [6, 6.07) is 14.8. The van der Waals surface area contributed by atoms with E-state index >= 15 is 0 Å². The van der Waals surface area contributed by atoms with Gasteiger partial charge in [0.15, 0.2) is 0 Å². The predicted octanol–water partition coefficient (Wildman–Crippen LogP) is 3.52. The van der Waals surface area contributed by atoms with Crippen LogP contribution < -0.4 is 8.92 Å². The molecule has 0 bridgehead atoms. The van der Waals surface area contributed by atoms with Gasteiger partial charge in [-0.05, 0) is 18.2 Å². The van der Waals surface area contributed by atoms with E-state index in [4.69, 9.17) is 8.92 Å². The lowest BCUT2D eigenvalue weighted by Gasteiger charge is -2.11. The van der Waals surface area contributed by atoms with Crippen LogP contribution >= 0.6 is 0 Å². The zero-order valence-electron chi connectivity index (χ0n) is 13.1. The normalized spacial score (nSPS) is 11.2. The summed E-state index contributed by atoms with van der Waals surface area (Å²) in [4.78, 5) is 10.2. The second-order valence-electron chi connectivity index (χ2n) is 5.10. The molecule has 7 nitrogen and oxygen atoms in total. The molecule has 0 fully saturated rings. The van der Waals surface area contributed by atoms with Crippen molar-refractivity contribution < 1.29 is 22.3 Å². The van der Waals surface area contributed by atoms with Crippen LogP contribution in [0.5, 0.6) is 11.5 Å². The zero-order chi connectivity index (χ0) is 18.0. The summed E-state index contributed by atoms with van der Waals surface area (Å²) < 4.78 is 35.7.